The zero-order valence-electron chi connectivity index (χ0n) is 13.9. The van der Waals surface area contributed by atoms with Crippen molar-refractivity contribution in [2.45, 2.75) is 51.2 Å². The van der Waals surface area contributed by atoms with Crippen LogP contribution in [0.5, 0.6) is 0 Å². The number of carbonyl (C=O) groups is 1. The number of carbonyl (C=O) groups excluding carboxylic acids is 1. The van der Waals surface area contributed by atoms with E-state index in [0.717, 1.165) is 4.57 Å². The summed E-state index contributed by atoms with van der Waals surface area (Å²) in [6, 6.07) is 1.38. The monoisotopic (exact) mass is 341 g/mol. The van der Waals surface area contributed by atoms with Crippen LogP contribution in [-0.2, 0) is 14.3 Å². The lowest BCUT2D eigenvalue weighted by Crippen LogP contribution is -2.48. The normalized spacial score (nSPS) is 29.8. The van der Waals surface area contributed by atoms with E-state index in [2.05, 4.69) is 4.98 Å². The molecule has 1 aromatic rings. The molecule has 1 aliphatic heterocycles. The van der Waals surface area contributed by atoms with Crippen molar-refractivity contribution in [3.63, 3.8) is 0 Å². The average molecular weight is 341 g/mol. The summed E-state index contributed by atoms with van der Waals surface area (Å²) < 4.78 is 11.9. The Balaban J connectivity index is 2.30. The standard InChI is InChI=1S/C15H23N3O6/c1-8(2)6-11(20)24-12-9(7-19)23-13(15(12,3)22)18-5-4-10(16)17-14(18)21/h4-5,8-9,12-13,19,22H,6-7H2,1-3H3,(H2,16,17,21)/t9-,12?,13?,15?/m1/s1. The number of esters is 1. The number of aliphatic hydroxyl groups excluding tert-OH is 1. The molecule has 1 fully saturated rings. The van der Waals surface area contributed by atoms with Gasteiger partial charge < -0.3 is 25.4 Å². The lowest BCUT2D eigenvalue weighted by Gasteiger charge is -2.30. The smallest absolute Gasteiger partial charge is 0.351 e. The average Bonchev–Trinajstić information content (AvgIpc) is 2.70. The second kappa shape index (κ2) is 6.88. The van der Waals surface area contributed by atoms with Crippen molar-refractivity contribution in [3.05, 3.63) is 22.7 Å². The van der Waals surface area contributed by atoms with Gasteiger partial charge >= 0.3 is 11.7 Å². The van der Waals surface area contributed by atoms with Crippen LogP contribution in [0.25, 0.3) is 0 Å². The van der Waals surface area contributed by atoms with Gasteiger partial charge in [0.25, 0.3) is 0 Å². The molecule has 9 heteroatoms. The van der Waals surface area contributed by atoms with Gasteiger partial charge in [-0.3, -0.25) is 9.36 Å². The molecule has 24 heavy (non-hydrogen) atoms. The number of hydrogen-bond acceptors (Lipinski definition) is 8. The van der Waals surface area contributed by atoms with Gasteiger partial charge in [0.05, 0.1) is 6.61 Å². The molecule has 4 atom stereocenters. The number of hydrogen-bond donors (Lipinski definition) is 3. The summed E-state index contributed by atoms with van der Waals surface area (Å²) in [6.45, 7) is 4.61. The van der Waals surface area contributed by atoms with Crippen molar-refractivity contribution >= 4 is 11.8 Å². The number of ether oxygens (including phenoxy) is 2. The van der Waals surface area contributed by atoms with E-state index in [1.807, 2.05) is 13.8 Å². The van der Waals surface area contributed by atoms with Crippen LogP contribution in [0.15, 0.2) is 17.1 Å². The fourth-order valence-electron chi connectivity index (χ4n) is 2.70. The van der Waals surface area contributed by atoms with Crippen LogP contribution < -0.4 is 11.4 Å². The number of anilines is 1. The first kappa shape index (κ1) is 18.4. The van der Waals surface area contributed by atoms with E-state index in [1.54, 1.807) is 0 Å². The van der Waals surface area contributed by atoms with E-state index in [4.69, 9.17) is 15.2 Å². The molecule has 2 rings (SSSR count). The number of nitrogens with zero attached hydrogens (tertiary/aromatic N) is 2. The molecule has 0 aromatic carbocycles. The highest BCUT2D eigenvalue weighted by Gasteiger charge is 2.56. The van der Waals surface area contributed by atoms with Gasteiger partial charge in [-0.1, -0.05) is 13.8 Å². The van der Waals surface area contributed by atoms with Crippen LogP contribution in [0.3, 0.4) is 0 Å². The number of nitrogen functional groups attached to an aromatic ring is 1. The summed E-state index contributed by atoms with van der Waals surface area (Å²) in [5.41, 5.74) is 3.00. The molecule has 134 valence electrons. The molecule has 0 amide bonds. The minimum absolute atomic E-state index is 0.0347. The highest BCUT2D eigenvalue weighted by Crippen LogP contribution is 2.39. The first-order chi connectivity index (χ1) is 11.2. The lowest BCUT2D eigenvalue weighted by molar-refractivity contribution is -0.165. The second-order valence-electron chi connectivity index (χ2n) is 6.49. The van der Waals surface area contributed by atoms with Crippen LogP contribution in [0.2, 0.25) is 0 Å². The zero-order chi connectivity index (χ0) is 18.1. The molecule has 1 aliphatic rings. The van der Waals surface area contributed by atoms with E-state index in [0.29, 0.717) is 0 Å². The van der Waals surface area contributed by atoms with Gasteiger partial charge in [0, 0.05) is 12.6 Å². The van der Waals surface area contributed by atoms with Gasteiger partial charge in [-0.15, -0.1) is 0 Å². The van der Waals surface area contributed by atoms with Gasteiger partial charge in [0.1, 0.15) is 17.5 Å². The van der Waals surface area contributed by atoms with Crippen molar-refractivity contribution < 1.29 is 24.5 Å². The number of rotatable bonds is 5. The third kappa shape index (κ3) is 3.58. The van der Waals surface area contributed by atoms with Crippen LogP contribution in [0.1, 0.15) is 33.4 Å². The van der Waals surface area contributed by atoms with E-state index < -0.39 is 42.3 Å². The SMILES string of the molecule is CC(C)CC(=O)OC1[C@@H](CO)OC(n2ccc(N)nc2=O)C1(C)O. The van der Waals surface area contributed by atoms with Crippen LogP contribution >= 0.6 is 0 Å². The number of nitrogens with two attached hydrogens (primary N) is 1. The lowest BCUT2D eigenvalue weighted by atomic mass is 9.96. The van der Waals surface area contributed by atoms with Crippen LogP contribution in [-0.4, -0.2) is 50.1 Å². The Kier molecular flexibility index (Phi) is 5.26. The maximum Gasteiger partial charge on any atom is 0.351 e. The molecule has 1 aromatic heterocycles. The summed E-state index contributed by atoms with van der Waals surface area (Å²) in [4.78, 5) is 27.5. The number of aliphatic hydroxyl groups is 2. The first-order valence-electron chi connectivity index (χ1n) is 7.69. The molecule has 0 radical (unpaired) electrons. The van der Waals surface area contributed by atoms with Crippen molar-refractivity contribution in [1.82, 2.24) is 9.55 Å². The predicted molar refractivity (Wildman–Crippen MR) is 83.9 cm³/mol. The molecule has 0 bridgehead atoms. The predicted octanol–water partition coefficient (Wildman–Crippen LogP) is -0.576. The summed E-state index contributed by atoms with van der Waals surface area (Å²) >= 11 is 0. The highest BCUT2D eigenvalue weighted by molar-refractivity contribution is 5.70. The van der Waals surface area contributed by atoms with Crippen molar-refractivity contribution in [3.8, 4) is 0 Å². The Bertz CT molecular complexity index is 657. The molecule has 9 nitrogen and oxygen atoms in total. The van der Waals surface area contributed by atoms with Gasteiger partial charge in [-0.05, 0) is 18.9 Å². The van der Waals surface area contributed by atoms with Crippen LogP contribution in [0, 0.1) is 5.92 Å². The van der Waals surface area contributed by atoms with Crippen molar-refractivity contribution in [1.29, 1.82) is 0 Å². The summed E-state index contributed by atoms with van der Waals surface area (Å²) in [5.74, 6) is -0.398. The van der Waals surface area contributed by atoms with Crippen molar-refractivity contribution in [2.75, 3.05) is 12.3 Å². The summed E-state index contributed by atoms with van der Waals surface area (Å²) in [7, 11) is 0. The van der Waals surface area contributed by atoms with Gasteiger partial charge in [0.2, 0.25) is 0 Å². The minimum atomic E-state index is -1.73. The van der Waals surface area contributed by atoms with Gasteiger partial charge in [-0.25, -0.2) is 4.79 Å². The molecule has 0 spiro atoms. The second-order valence-corrected chi connectivity index (χ2v) is 6.49. The zero-order valence-corrected chi connectivity index (χ0v) is 13.9. The Morgan fingerprint density at radius 3 is 2.79 bits per heavy atom. The number of aromatic nitrogens is 2. The fraction of sp³-hybridized carbons (Fsp3) is 0.667. The topological polar surface area (TPSA) is 137 Å². The molecular weight excluding hydrogens is 318 g/mol. The largest absolute Gasteiger partial charge is 0.456 e. The first-order valence-corrected chi connectivity index (χ1v) is 7.69. The Morgan fingerprint density at radius 1 is 1.58 bits per heavy atom. The summed E-state index contributed by atoms with van der Waals surface area (Å²) in [6.07, 6.45) is -1.77. The third-order valence-corrected chi connectivity index (χ3v) is 3.83. The molecule has 4 N–H and O–H groups in total. The van der Waals surface area contributed by atoms with Crippen molar-refractivity contribution in [2.24, 2.45) is 5.92 Å². The van der Waals surface area contributed by atoms with E-state index in [-0.39, 0.29) is 18.2 Å². The maximum atomic E-state index is 12.0. The molecule has 2 heterocycles. The van der Waals surface area contributed by atoms with E-state index >= 15 is 0 Å². The minimum Gasteiger partial charge on any atom is -0.456 e. The van der Waals surface area contributed by atoms with Gasteiger partial charge in [0.15, 0.2) is 12.3 Å². The quantitative estimate of drug-likeness (QED) is 0.605. The molecular formula is C15H23N3O6. The third-order valence-electron chi connectivity index (χ3n) is 3.83. The molecule has 3 unspecified atom stereocenters. The maximum absolute atomic E-state index is 12.0. The Hall–Kier alpha value is -1.97. The molecule has 1 saturated heterocycles. The van der Waals surface area contributed by atoms with E-state index in [9.17, 15) is 19.8 Å². The van der Waals surface area contributed by atoms with E-state index in [1.165, 1.54) is 19.2 Å². The molecule has 0 aliphatic carbocycles. The van der Waals surface area contributed by atoms with Crippen LogP contribution in [0.4, 0.5) is 5.82 Å². The Labute approximate surface area is 139 Å². The molecule has 0 saturated carbocycles. The fourth-order valence-corrected chi connectivity index (χ4v) is 2.70. The highest BCUT2D eigenvalue weighted by atomic mass is 16.6. The van der Waals surface area contributed by atoms with Gasteiger partial charge in [-0.2, -0.15) is 4.98 Å². The summed E-state index contributed by atoms with van der Waals surface area (Å²) in [5, 5.41) is 20.3. The Morgan fingerprint density at radius 2 is 2.25 bits per heavy atom.